The predicted molar refractivity (Wildman–Crippen MR) is 107 cm³/mol. The predicted octanol–water partition coefficient (Wildman–Crippen LogP) is 3.88. The van der Waals surface area contributed by atoms with Crippen LogP contribution in [0.15, 0.2) is 42.5 Å². The minimum atomic E-state index is -0.314. The number of aryl methyl sites for hydroxylation is 2. The number of carbonyl (C=O) groups excluding carboxylic acids is 2. The first-order valence-electron chi connectivity index (χ1n) is 8.68. The van der Waals surface area contributed by atoms with Crippen LogP contribution in [0.2, 0.25) is 0 Å². The monoisotopic (exact) mass is 353 g/mol. The summed E-state index contributed by atoms with van der Waals surface area (Å²) < 4.78 is 0. The van der Waals surface area contributed by atoms with Crippen LogP contribution in [0.1, 0.15) is 42.3 Å². The fourth-order valence-corrected chi connectivity index (χ4v) is 2.62. The molecule has 0 aliphatic carbocycles. The summed E-state index contributed by atoms with van der Waals surface area (Å²) in [4.78, 5) is 24.5. The number of para-hydroxylation sites is 1. The van der Waals surface area contributed by atoms with Crippen LogP contribution in [0, 0.1) is 13.8 Å². The van der Waals surface area contributed by atoms with Crippen LogP contribution in [-0.2, 0) is 4.79 Å². The molecule has 5 nitrogen and oxygen atoms in total. The van der Waals surface area contributed by atoms with Crippen molar-refractivity contribution in [3.8, 4) is 0 Å². The summed E-state index contributed by atoms with van der Waals surface area (Å²) in [5, 5.41) is 8.92. The average molecular weight is 353 g/mol. The lowest BCUT2D eigenvalue weighted by molar-refractivity contribution is -0.114. The fourth-order valence-electron chi connectivity index (χ4n) is 2.62. The normalized spacial score (nSPS) is 11.0. The van der Waals surface area contributed by atoms with E-state index in [0.29, 0.717) is 11.3 Å². The highest BCUT2D eigenvalue weighted by molar-refractivity contribution is 5.98. The van der Waals surface area contributed by atoms with Gasteiger partial charge in [0.25, 0.3) is 5.91 Å². The Kier molecular flexibility index (Phi) is 6.03. The lowest BCUT2D eigenvalue weighted by Crippen LogP contribution is -2.40. The van der Waals surface area contributed by atoms with Crippen molar-refractivity contribution >= 4 is 23.2 Å². The Labute approximate surface area is 155 Å². The molecule has 0 heterocycles. The standard InChI is InChI=1S/C21H27N3O2/c1-14-8-6-9-15(2)19(14)22-13-18(25)23-17-11-7-10-16(12-17)20(26)24-21(3,4)5/h6-12,22H,13H2,1-5H3,(H,23,25)(H,24,26). The second-order valence-corrected chi connectivity index (χ2v) is 7.45. The van der Waals surface area contributed by atoms with Gasteiger partial charge in [0.15, 0.2) is 0 Å². The van der Waals surface area contributed by atoms with E-state index in [2.05, 4.69) is 16.0 Å². The highest BCUT2D eigenvalue weighted by Gasteiger charge is 2.15. The molecular weight excluding hydrogens is 326 g/mol. The molecule has 26 heavy (non-hydrogen) atoms. The van der Waals surface area contributed by atoms with E-state index in [1.54, 1.807) is 24.3 Å². The Morgan fingerprint density at radius 2 is 1.58 bits per heavy atom. The fraction of sp³-hybridized carbons (Fsp3) is 0.333. The summed E-state index contributed by atoms with van der Waals surface area (Å²) in [6.07, 6.45) is 0. The van der Waals surface area contributed by atoms with E-state index < -0.39 is 0 Å². The number of hydrogen-bond acceptors (Lipinski definition) is 3. The third kappa shape index (κ3) is 5.62. The topological polar surface area (TPSA) is 70.2 Å². The summed E-state index contributed by atoms with van der Waals surface area (Å²) in [5.41, 5.74) is 3.96. The van der Waals surface area contributed by atoms with Gasteiger partial charge in [-0.3, -0.25) is 9.59 Å². The highest BCUT2D eigenvalue weighted by atomic mass is 16.2. The van der Waals surface area contributed by atoms with Gasteiger partial charge >= 0.3 is 0 Å². The van der Waals surface area contributed by atoms with Crippen molar-refractivity contribution in [2.75, 3.05) is 17.2 Å². The quantitative estimate of drug-likeness (QED) is 0.764. The maximum Gasteiger partial charge on any atom is 0.251 e. The van der Waals surface area contributed by atoms with E-state index in [9.17, 15) is 9.59 Å². The molecule has 0 atom stereocenters. The van der Waals surface area contributed by atoms with E-state index in [1.165, 1.54) is 0 Å². The molecule has 2 aromatic carbocycles. The number of anilines is 2. The molecule has 0 aromatic heterocycles. The largest absolute Gasteiger partial charge is 0.376 e. The van der Waals surface area contributed by atoms with E-state index in [-0.39, 0.29) is 23.9 Å². The molecule has 0 aliphatic rings. The highest BCUT2D eigenvalue weighted by Crippen LogP contribution is 2.19. The number of rotatable bonds is 5. The maximum absolute atomic E-state index is 12.2. The number of amides is 2. The van der Waals surface area contributed by atoms with Gasteiger partial charge in [-0.05, 0) is 63.9 Å². The molecule has 0 spiro atoms. The molecule has 2 amide bonds. The van der Waals surface area contributed by atoms with Crippen molar-refractivity contribution in [3.05, 3.63) is 59.2 Å². The Hall–Kier alpha value is -2.82. The zero-order chi connectivity index (χ0) is 19.3. The van der Waals surface area contributed by atoms with Crippen molar-refractivity contribution < 1.29 is 9.59 Å². The van der Waals surface area contributed by atoms with Gasteiger partial charge in [-0.2, -0.15) is 0 Å². The van der Waals surface area contributed by atoms with Gasteiger partial charge in [-0.1, -0.05) is 24.3 Å². The Balaban J connectivity index is 1.99. The minimum Gasteiger partial charge on any atom is -0.376 e. The molecule has 138 valence electrons. The number of hydrogen-bond donors (Lipinski definition) is 3. The van der Waals surface area contributed by atoms with Crippen molar-refractivity contribution in [2.24, 2.45) is 0 Å². The van der Waals surface area contributed by atoms with E-state index in [0.717, 1.165) is 16.8 Å². The van der Waals surface area contributed by atoms with Crippen molar-refractivity contribution in [2.45, 2.75) is 40.2 Å². The third-order valence-corrected chi connectivity index (χ3v) is 3.80. The maximum atomic E-state index is 12.2. The number of benzene rings is 2. The van der Waals surface area contributed by atoms with E-state index >= 15 is 0 Å². The summed E-state index contributed by atoms with van der Waals surface area (Å²) in [6.45, 7) is 9.94. The van der Waals surface area contributed by atoms with Gasteiger partial charge in [0, 0.05) is 22.5 Å². The van der Waals surface area contributed by atoms with Crippen LogP contribution in [0.3, 0.4) is 0 Å². The molecule has 0 unspecified atom stereocenters. The molecular formula is C21H27N3O2. The molecule has 3 N–H and O–H groups in total. The molecule has 0 saturated heterocycles. The molecule has 0 saturated carbocycles. The van der Waals surface area contributed by atoms with Crippen LogP contribution < -0.4 is 16.0 Å². The van der Waals surface area contributed by atoms with Crippen LogP contribution in [0.5, 0.6) is 0 Å². The Bertz CT molecular complexity index is 787. The van der Waals surface area contributed by atoms with Gasteiger partial charge in [0.05, 0.1) is 6.54 Å². The second-order valence-electron chi connectivity index (χ2n) is 7.45. The lowest BCUT2D eigenvalue weighted by atomic mass is 10.1. The summed E-state index contributed by atoms with van der Waals surface area (Å²) in [6, 6.07) is 12.9. The molecule has 0 fully saturated rings. The SMILES string of the molecule is Cc1cccc(C)c1NCC(=O)Nc1cccc(C(=O)NC(C)(C)C)c1. The Morgan fingerprint density at radius 3 is 2.19 bits per heavy atom. The molecule has 0 bridgehead atoms. The third-order valence-electron chi connectivity index (χ3n) is 3.80. The van der Waals surface area contributed by atoms with Gasteiger partial charge in [-0.25, -0.2) is 0 Å². The Morgan fingerprint density at radius 1 is 0.962 bits per heavy atom. The van der Waals surface area contributed by atoms with Crippen molar-refractivity contribution in [1.82, 2.24) is 5.32 Å². The van der Waals surface area contributed by atoms with Gasteiger partial charge in [0.2, 0.25) is 5.91 Å². The zero-order valence-corrected chi connectivity index (χ0v) is 16.1. The minimum absolute atomic E-state index is 0.157. The van der Waals surface area contributed by atoms with Gasteiger partial charge < -0.3 is 16.0 Å². The molecule has 5 heteroatoms. The summed E-state index contributed by atoms with van der Waals surface area (Å²) in [5.74, 6) is -0.330. The molecule has 2 rings (SSSR count). The first kappa shape index (κ1) is 19.5. The number of nitrogens with one attached hydrogen (secondary N) is 3. The lowest BCUT2D eigenvalue weighted by Gasteiger charge is -2.20. The number of carbonyl (C=O) groups is 2. The first-order valence-corrected chi connectivity index (χ1v) is 8.68. The average Bonchev–Trinajstić information content (AvgIpc) is 2.53. The summed E-state index contributed by atoms with van der Waals surface area (Å²) >= 11 is 0. The molecule has 0 radical (unpaired) electrons. The van der Waals surface area contributed by atoms with Crippen LogP contribution in [0.4, 0.5) is 11.4 Å². The van der Waals surface area contributed by atoms with Crippen molar-refractivity contribution in [3.63, 3.8) is 0 Å². The summed E-state index contributed by atoms with van der Waals surface area (Å²) in [7, 11) is 0. The smallest absolute Gasteiger partial charge is 0.251 e. The second kappa shape index (κ2) is 8.04. The zero-order valence-electron chi connectivity index (χ0n) is 16.1. The van der Waals surface area contributed by atoms with Crippen LogP contribution >= 0.6 is 0 Å². The van der Waals surface area contributed by atoms with Crippen molar-refractivity contribution in [1.29, 1.82) is 0 Å². The van der Waals surface area contributed by atoms with Gasteiger partial charge in [-0.15, -0.1) is 0 Å². The van der Waals surface area contributed by atoms with Gasteiger partial charge in [0.1, 0.15) is 0 Å². The molecule has 2 aromatic rings. The van der Waals surface area contributed by atoms with E-state index in [4.69, 9.17) is 0 Å². The molecule has 0 aliphatic heterocycles. The van der Waals surface area contributed by atoms with Crippen LogP contribution in [-0.4, -0.2) is 23.9 Å². The first-order chi connectivity index (χ1) is 12.2. The van der Waals surface area contributed by atoms with Crippen LogP contribution in [0.25, 0.3) is 0 Å². The van der Waals surface area contributed by atoms with E-state index in [1.807, 2.05) is 52.8 Å².